The van der Waals surface area contributed by atoms with Gasteiger partial charge in [-0.2, -0.15) is 0 Å². The highest BCUT2D eigenvalue weighted by Crippen LogP contribution is 2.38. The van der Waals surface area contributed by atoms with Gasteiger partial charge in [-0.1, -0.05) is 23.7 Å². The Balaban J connectivity index is 1.36. The van der Waals surface area contributed by atoms with E-state index >= 15 is 0 Å². The summed E-state index contributed by atoms with van der Waals surface area (Å²) in [5.74, 6) is 3.60. The molecule has 1 saturated heterocycles. The summed E-state index contributed by atoms with van der Waals surface area (Å²) in [5, 5.41) is 9.40. The van der Waals surface area contributed by atoms with E-state index in [1.165, 1.54) is 12.8 Å². The molecule has 0 amide bonds. The number of rotatable bonds is 5. The molecule has 0 bridgehead atoms. The number of hydrogen-bond acceptors (Lipinski definition) is 4. The molecule has 1 aromatic carbocycles. The fourth-order valence-corrected chi connectivity index (χ4v) is 3.35. The van der Waals surface area contributed by atoms with Crippen LogP contribution in [0, 0.1) is 0 Å². The number of benzene rings is 1. The summed E-state index contributed by atoms with van der Waals surface area (Å²) in [6, 6.07) is 7.66. The zero-order chi connectivity index (χ0) is 15.8. The highest BCUT2D eigenvalue weighted by molar-refractivity contribution is 6.32. The largest absolute Gasteiger partial charge is 0.487 e. The average molecular weight is 333 g/mol. The molecule has 23 heavy (non-hydrogen) atoms. The van der Waals surface area contributed by atoms with Crippen LogP contribution in [0.15, 0.2) is 24.3 Å². The number of para-hydroxylation sites is 1. The molecule has 0 N–H and O–H groups in total. The zero-order valence-electron chi connectivity index (χ0n) is 13.3. The van der Waals surface area contributed by atoms with Gasteiger partial charge < -0.3 is 9.30 Å². The topological polar surface area (TPSA) is 43.2 Å². The Morgan fingerprint density at radius 1 is 1.22 bits per heavy atom. The van der Waals surface area contributed by atoms with E-state index in [-0.39, 0.29) is 6.10 Å². The van der Waals surface area contributed by atoms with Crippen molar-refractivity contribution >= 4 is 11.6 Å². The molecule has 122 valence electrons. The van der Waals surface area contributed by atoms with Gasteiger partial charge in [0.2, 0.25) is 0 Å². The van der Waals surface area contributed by atoms with Crippen molar-refractivity contribution in [1.82, 2.24) is 19.7 Å². The van der Waals surface area contributed by atoms with E-state index in [1.54, 1.807) is 0 Å². The second kappa shape index (κ2) is 6.13. The molecule has 4 rings (SSSR count). The van der Waals surface area contributed by atoms with Crippen LogP contribution in [0.5, 0.6) is 5.75 Å². The molecule has 0 spiro atoms. The minimum atomic E-state index is 0.186. The molecule has 1 aromatic heterocycles. The summed E-state index contributed by atoms with van der Waals surface area (Å²) in [7, 11) is 2.08. The highest BCUT2D eigenvalue weighted by Gasteiger charge is 2.30. The summed E-state index contributed by atoms with van der Waals surface area (Å²) in [6.45, 7) is 2.75. The molecule has 6 heteroatoms. The quantitative estimate of drug-likeness (QED) is 0.844. The van der Waals surface area contributed by atoms with Gasteiger partial charge in [0.05, 0.1) is 11.6 Å². The van der Waals surface area contributed by atoms with Crippen LogP contribution in [-0.4, -0.2) is 38.9 Å². The summed E-state index contributed by atoms with van der Waals surface area (Å²) in [5.41, 5.74) is 0. The number of halogens is 1. The predicted molar refractivity (Wildman–Crippen MR) is 88.7 cm³/mol. The molecule has 0 radical (unpaired) electrons. The molecule has 1 saturated carbocycles. The lowest BCUT2D eigenvalue weighted by molar-refractivity contribution is 0.197. The molecule has 1 aliphatic carbocycles. The third kappa shape index (κ3) is 3.21. The Morgan fingerprint density at radius 3 is 2.83 bits per heavy atom. The van der Waals surface area contributed by atoms with E-state index in [9.17, 15) is 0 Å². The first-order chi connectivity index (χ1) is 11.2. The molecule has 2 aromatic rings. The van der Waals surface area contributed by atoms with Crippen LogP contribution in [-0.2, 0) is 13.6 Å². The minimum Gasteiger partial charge on any atom is -0.487 e. The standard InChI is InChI=1S/C17H21ClN4O/c1-21-16(19-20-17(21)12-6-7-12)11-22-9-8-13(10-22)23-15-5-3-2-4-14(15)18/h2-5,12-13H,6-11H2,1H3/t13-/m1/s1. The van der Waals surface area contributed by atoms with Crippen LogP contribution in [0.25, 0.3) is 0 Å². The van der Waals surface area contributed by atoms with Crippen molar-refractivity contribution in [2.45, 2.75) is 37.8 Å². The Kier molecular flexibility index (Phi) is 3.99. The maximum absolute atomic E-state index is 6.17. The summed E-state index contributed by atoms with van der Waals surface area (Å²) < 4.78 is 8.21. The number of aromatic nitrogens is 3. The van der Waals surface area contributed by atoms with Crippen LogP contribution >= 0.6 is 11.6 Å². The highest BCUT2D eigenvalue weighted by atomic mass is 35.5. The smallest absolute Gasteiger partial charge is 0.146 e. The van der Waals surface area contributed by atoms with Gasteiger partial charge in [0, 0.05) is 26.1 Å². The maximum Gasteiger partial charge on any atom is 0.146 e. The first-order valence-electron chi connectivity index (χ1n) is 8.22. The number of nitrogens with zero attached hydrogens (tertiary/aromatic N) is 4. The molecular weight excluding hydrogens is 312 g/mol. The summed E-state index contributed by atoms with van der Waals surface area (Å²) in [6.07, 6.45) is 3.71. The number of hydrogen-bond donors (Lipinski definition) is 0. The van der Waals surface area contributed by atoms with Crippen LogP contribution in [0.4, 0.5) is 0 Å². The van der Waals surface area contributed by atoms with Crippen LogP contribution < -0.4 is 4.74 Å². The molecule has 2 aliphatic rings. The Morgan fingerprint density at radius 2 is 2.04 bits per heavy atom. The lowest BCUT2D eigenvalue weighted by Gasteiger charge is -2.17. The van der Waals surface area contributed by atoms with Crippen molar-refractivity contribution in [1.29, 1.82) is 0 Å². The number of ether oxygens (including phenoxy) is 1. The zero-order valence-corrected chi connectivity index (χ0v) is 14.0. The van der Waals surface area contributed by atoms with Gasteiger partial charge >= 0.3 is 0 Å². The monoisotopic (exact) mass is 332 g/mol. The summed E-state index contributed by atoms with van der Waals surface area (Å²) >= 11 is 6.17. The van der Waals surface area contributed by atoms with E-state index < -0.39 is 0 Å². The van der Waals surface area contributed by atoms with Gasteiger partial charge in [0.1, 0.15) is 23.5 Å². The Labute approximate surface area is 141 Å². The van der Waals surface area contributed by atoms with E-state index in [1.807, 2.05) is 24.3 Å². The normalized spacial score (nSPS) is 21.7. The average Bonchev–Trinajstić information content (AvgIpc) is 3.19. The van der Waals surface area contributed by atoms with E-state index in [0.29, 0.717) is 10.9 Å². The van der Waals surface area contributed by atoms with Crippen molar-refractivity contribution in [2.75, 3.05) is 13.1 Å². The van der Waals surface area contributed by atoms with E-state index in [0.717, 1.165) is 43.5 Å². The molecular formula is C17H21ClN4O. The second-order valence-corrected chi connectivity index (χ2v) is 6.91. The molecule has 5 nitrogen and oxygen atoms in total. The van der Waals surface area contributed by atoms with E-state index in [4.69, 9.17) is 16.3 Å². The first-order valence-corrected chi connectivity index (χ1v) is 8.60. The third-order valence-electron chi connectivity index (χ3n) is 4.67. The van der Waals surface area contributed by atoms with Gasteiger partial charge in [-0.25, -0.2) is 0 Å². The molecule has 1 atom stereocenters. The van der Waals surface area contributed by atoms with Crippen molar-refractivity contribution in [3.8, 4) is 5.75 Å². The second-order valence-electron chi connectivity index (χ2n) is 6.50. The van der Waals surface area contributed by atoms with Gasteiger partial charge in [0.25, 0.3) is 0 Å². The van der Waals surface area contributed by atoms with Crippen molar-refractivity contribution < 1.29 is 4.74 Å². The predicted octanol–water partition coefficient (Wildman–Crippen LogP) is 3.00. The first kappa shape index (κ1) is 15.0. The van der Waals surface area contributed by atoms with Crippen molar-refractivity contribution in [2.24, 2.45) is 7.05 Å². The Hall–Kier alpha value is -1.59. The van der Waals surface area contributed by atoms with Crippen molar-refractivity contribution in [3.05, 3.63) is 40.9 Å². The minimum absolute atomic E-state index is 0.186. The molecule has 2 fully saturated rings. The summed E-state index contributed by atoms with van der Waals surface area (Å²) in [4.78, 5) is 2.38. The van der Waals surface area contributed by atoms with Gasteiger partial charge in [-0.15, -0.1) is 10.2 Å². The fraction of sp³-hybridized carbons (Fsp3) is 0.529. The lowest BCUT2D eigenvalue weighted by atomic mass is 10.3. The van der Waals surface area contributed by atoms with Gasteiger partial charge in [-0.05, 0) is 31.4 Å². The van der Waals surface area contributed by atoms with E-state index in [2.05, 4.69) is 26.7 Å². The molecule has 0 unspecified atom stereocenters. The Bertz CT molecular complexity index is 698. The fourth-order valence-electron chi connectivity index (χ4n) is 3.17. The SMILES string of the molecule is Cn1c(CN2CC[C@@H](Oc3ccccc3Cl)C2)nnc1C1CC1. The van der Waals surface area contributed by atoms with Gasteiger partial charge in [-0.3, -0.25) is 4.90 Å². The van der Waals surface area contributed by atoms with Gasteiger partial charge in [0.15, 0.2) is 0 Å². The lowest BCUT2D eigenvalue weighted by Crippen LogP contribution is -2.26. The molecule has 1 aliphatic heterocycles. The van der Waals surface area contributed by atoms with Crippen LogP contribution in [0.2, 0.25) is 5.02 Å². The third-order valence-corrected chi connectivity index (χ3v) is 4.98. The molecule has 2 heterocycles. The number of likely N-dealkylation sites (tertiary alicyclic amines) is 1. The maximum atomic E-state index is 6.17. The van der Waals surface area contributed by atoms with Crippen molar-refractivity contribution in [3.63, 3.8) is 0 Å². The van der Waals surface area contributed by atoms with Crippen LogP contribution in [0.3, 0.4) is 0 Å². The van der Waals surface area contributed by atoms with Crippen LogP contribution in [0.1, 0.15) is 36.8 Å².